The Bertz CT molecular complexity index is 660. The normalized spacial score (nSPS) is 23.3. The third-order valence-electron chi connectivity index (χ3n) is 6.15. The fraction of sp³-hybridized carbons (Fsp3) is 0.696. The summed E-state index contributed by atoms with van der Waals surface area (Å²) in [7, 11) is 4.64. The first-order valence-electron chi connectivity index (χ1n) is 10.7. The van der Waals surface area contributed by atoms with Crippen molar-refractivity contribution in [2.24, 2.45) is 0 Å². The number of ether oxygens (including phenoxy) is 2. The van der Waals surface area contributed by atoms with Gasteiger partial charge in [-0.2, -0.15) is 0 Å². The van der Waals surface area contributed by atoms with Crippen molar-refractivity contribution < 1.29 is 71.2 Å². The summed E-state index contributed by atoms with van der Waals surface area (Å²) >= 11 is 0. The van der Waals surface area contributed by atoms with Crippen LogP contribution in [0.3, 0.4) is 0 Å². The molecule has 0 unspecified atom stereocenters. The van der Waals surface area contributed by atoms with Crippen LogP contribution in [0.4, 0.5) is 0 Å². The molecule has 1 saturated heterocycles. The van der Waals surface area contributed by atoms with Crippen LogP contribution in [0.25, 0.3) is 0 Å². The van der Waals surface area contributed by atoms with Crippen LogP contribution >= 0.6 is 0 Å². The quantitative estimate of drug-likeness (QED) is 0.168. The van der Waals surface area contributed by atoms with E-state index in [-0.39, 0.29) is 60.5 Å². The minimum atomic E-state index is -0.286. The number of rotatable bonds is 9. The molecule has 1 aromatic rings. The standard InChI is InChI=1S/C23H40N2O3.2HI/c1-7-10-24(5)11-13-25(6,14-12-24)15-16-27-23(26)18-28-22-17-20(4)8-9-21(22)19(2)3;;/h8-9,17,19H,7,10-16,18H2,1-6H3;2*1H/q+2;;/p-2. The highest BCUT2D eigenvalue weighted by molar-refractivity contribution is 5.71. The minimum Gasteiger partial charge on any atom is -1.00 e. The van der Waals surface area contributed by atoms with Gasteiger partial charge in [0.2, 0.25) is 0 Å². The third-order valence-corrected chi connectivity index (χ3v) is 6.15. The number of benzene rings is 1. The van der Waals surface area contributed by atoms with Crippen molar-refractivity contribution in [1.29, 1.82) is 0 Å². The highest BCUT2D eigenvalue weighted by atomic mass is 127. The monoisotopic (exact) mass is 646 g/mol. The molecule has 0 saturated carbocycles. The average molecular weight is 646 g/mol. The molecule has 1 aliphatic heterocycles. The second-order valence-electron chi connectivity index (χ2n) is 9.29. The second-order valence-corrected chi connectivity index (χ2v) is 9.29. The van der Waals surface area contributed by atoms with Crippen molar-refractivity contribution in [2.75, 3.05) is 66.6 Å². The van der Waals surface area contributed by atoms with E-state index in [0.29, 0.717) is 12.5 Å². The molecule has 0 atom stereocenters. The van der Waals surface area contributed by atoms with Crippen LogP contribution in [-0.2, 0) is 9.53 Å². The fourth-order valence-electron chi connectivity index (χ4n) is 3.98. The molecular weight excluding hydrogens is 606 g/mol. The fourth-order valence-corrected chi connectivity index (χ4v) is 3.98. The Balaban J connectivity index is 0.00000420. The van der Waals surface area contributed by atoms with Gasteiger partial charge < -0.3 is 66.4 Å². The Morgan fingerprint density at radius 1 is 1.03 bits per heavy atom. The zero-order valence-corrected chi connectivity index (χ0v) is 23.9. The van der Waals surface area contributed by atoms with Gasteiger partial charge in [-0.25, -0.2) is 4.79 Å². The van der Waals surface area contributed by atoms with Gasteiger partial charge in [0.15, 0.2) is 6.61 Å². The SMILES string of the molecule is CCC[N+]1(C)CC[N+](C)(CCOC(=O)COc2cc(C)ccc2C(C)C)CC1.[I-].[I-]. The van der Waals surface area contributed by atoms with Gasteiger partial charge in [-0.15, -0.1) is 0 Å². The predicted molar refractivity (Wildman–Crippen MR) is 114 cm³/mol. The highest BCUT2D eigenvalue weighted by Gasteiger charge is 2.36. The Kier molecular flexibility index (Phi) is 13.4. The lowest BCUT2D eigenvalue weighted by Gasteiger charge is -2.46. The van der Waals surface area contributed by atoms with E-state index in [1.807, 2.05) is 13.0 Å². The third kappa shape index (κ3) is 9.16. The molecule has 0 amide bonds. The zero-order chi connectivity index (χ0) is 20.8. The molecule has 0 N–H and O–H groups in total. The van der Waals surface area contributed by atoms with E-state index in [4.69, 9.17) is 9.47 Å². The molecule has 1 aromatic carbocycles. The number of nitrogens with zero attached hydrogens (tertiary/aromatic N) is 2. The van der Waals surface area contributed by atoms with Crippen LogP contribution in [0.1, 0.15) is 44.2 Å². The summed E-state index contributed by atoms with van der Waals surface area (Å²) in [4.78, 5) is 12.2. The first-order chi connectivity index (χ1) is 13.2. The molecule has 5 nitrogen and oxygen atoms in total. The van der Waals surface area contributed by atoms with Crippen LogP contribution in [0.15, 0.2) is 18.2 Å². The molecule has 0 aliphatic carbocycles. The number of quaternary nitrogens is 2. The smallest absolute Gasteiger partial charge is 0.344 e. The van der Waals surface area contributed by atoms with Gasteiger partial charge in [0.25, 0.3) is 0 Å². The van der Waals surface area contributed by atoms with Crippen molar-refractivity contribution in [2.45, 2.75) is 40.0 Å². The van der Waals surface area contributed by atoms with Crippen molar-refractivity contribution in [3.05, 3.63) is 29.3 Å². The van der Waals surface area contributed by atoms with E-state index in [1.165, 1.54) is 30.5 Å². The van der Waals surface area contributed by atoms with E-state index < -0.39 is 0 Å². The topological polar surface area (TPSA) is 35.5 Å². The Morgan fingerprint density at radius 2 is 1.60 bits per heavy atom. The first kappa shape index (κ1) is 29.9. The number of aryl methyl sites for hydroxylation is 1. The van der Waals surface area contributed by atoms with Crippen LogP contribution in [0.2, 0.25) is 0 Å². The number of carbonyl (C=O) groups excluding carboxylic acids is 1. The van der Waals surface area contributed by atoms with E-state index in [1.54, 1.807) is 0 Å². The van der Waals surface area contributed by atoms with Gasteiger partial charge in [0.1, 0.15) is 45.1 Å². The molecule has 0 bridgehead atoms. The Labute approximate surface area is 217 Å². The van der Waals surface area contributed by atoms with Crippen molar-refractivity contribution >= 4 is 5.97 Å². The average Bonchev–Trinajstić information content (AvgIpc) is 2.63. The molecule has 30 heavy (non-hydrogen) atoms. The summed E-state index contributed by atoms with van der Waals surface area (Å²) in [5.41, 5.74) is 2.25. The summed E-state index contributed by atoms with van der Waals surface area (Å²) in [5.74, 6) is 0.855. The molecule has 174 valence electrons. The lowest BCUT2D eigenvalue weighted by atomic mass is 10.0. The lowest BCUT2D eigenvalue weighted by molar-refractivity contribution is -1.02. The van der Waals surface area contributed by atoms with Gasteiger partial charge in [-0.05, 0) is 36.5 Å². The second kappa shape index (κ2) is 13.4. The molecule has 1 fully saturated rings. The number of likely N-dealkylation sites (N-methyl/N-ethyl adjacent to an activating group) is 2. The summed E-state index contributed by atoms with van der Waals surface area (Å²) < 4.78 is 13.4. The molecule has 2 rings (SSSR count). The van der Waals surface area contributed by atoms with Gasteiger partial charge in [-0.3, -0.25) is 0 Å². The number of carbonyl (C=O) groups is 1. The van der Waals surface area contributed by atoms with Gasteiger partial charge >= 0.3 is 5.97 Å². The van der Waals surface area contributed by atoms with E-state index >= 15 is 0 Å². The van der Waals surface area contributed by atoms with Crippen molar-refractivity contribution in [1.82, 2.24) is 0 Å². The van der Waals surface area contributed by atoms with E-state index in [9.17, 15) is 4.79 Å². The summed E-state index contributed by atoms with van der Waals surface area (Å²) in [6.07, 6.45) is 1.23. The van der Waals surface area contributed by atoms with E-state index in [0.717, 1.165) is 41.0 Å². The highest BCUT2D eigenvalue weighted by Crippen LogP contribution is 2.27. The van der Waals surface area contributed by atoms with Gasteiger partial charge in [-0.1, -0.05) is 32.9 Å². The number of piperazine rings is 1. The molecular formula is C23H40I2N2O3. The van der Waals surface area contributed by atoms with Crippen LogP contribution in [0, 0.1) is 6.92 Å². The van der Waals surface area contributed by atoms with Crippen molar-refractivity contribution in [3.63, 3.8) is 0 Å². The number of halogens is 2. The van der Waals surface area contributed by atoms with Crippen LogP contribution < -0.4 is 52.7 Å². The molecule has 7 heteroatoms. The number of hydrogen-bond acceptors (Lipinski definition) is 3. The summed E-state index contributed by atoms with van der Waals surface area (Å²) in [5, 5.41) is 0. The van der Waals surface area contributed by atoms with Gasteiger partial charge in [0.05, 0.1) is 20.6 Å². The lowest BCUT2D eigenvalue weighted by Crippen LogP contribution is -3.00. The van der Waals surface area contributed by atoms with Crippen LogP contribution in [0.5, 0.6) is 5.75 Å². The number of esters is 1. The predicted octanol–water partition coefficient (Wildman–Crippen LogP) is -2.63. The summed E-state index contributed by atoms with van der Waals surface area (Å²) in [6, 6.07) is 6.15. The summed E-state index contributed by atoms with van der Waals surface area (Å²) in [6.45, 7) is 15.8. The molecule has 0 radical (unpaired) electrons. The maximum absolute atomic E-state index is 12.2. The maximum atomic E-state index is 12.2. The maximum Gasteiger partial charge on any atom is 0.344 e. The van der Waals surface area contributed by atoms with E-state index in [2.05, 4.69) is 47.0 Å². The largest absolute Gasteiger partial charge is 1.00 e. The number of hydrogen-bond donors (Lipinski definition) is 0. The zero-order valence-electron chi connectivity index (χ0n) is 19.5. The Hall–Kier alpha value is -0.130. The first-order valence-corrected chi connectivity index (χ1v) is 10.7. The van der Waals surface area contributed by atoms with Crippen molar-refractivity contribution in [3.8, 4) is 5.75 Å². The Morgan fingerprint density at radius 3 is 2.13 bits per heavy atom. The molecule has 0 spiro atoms. The molecule has 0 aromatic heterocycles. The molecule has 1 aliphatic rings. The molecule has 1 heterocycles. The van der Waals surface area contributed by atoms with Crippen LogP contribution in [-0.4, -0.2) is 81.5 Å². The van der Waals surface area contributed by atoms with Gasteiger partial charge in [0, 0.05) is 0 Å². The minimum absolute atomic E-state index is 0.